The van der Waals surface area contributed by atoms with Crippen LogP contribution in [0, 0.1) is 0 Å². The number of hydrogen-bond acceptors (Lipinski definition) is 5. The van der Waals surface area contributed by atoms with Crippen LogP contribution < -0.4 is 5.32 Å². The number of thioether (sulfide) groups is 1. The molecule has 2 aromatic rings. The first-order chi connectivity index (χ1) is 8.83. The molecule has 0 saturated carbocycles. The molecule has 0 bridgehead atoms. The molecule has 0 aliphatic carbocycles. The molecule has 4 nitrogen and oxygen atoms in total. The number of aryl methyl sites for hydroxylation is 1. The van der Waals surface area contributed by atoms with Gasteiger partial charge in [-0.2, -0.15) is 0 Å². The Morgan fingerprint density at radius 2 is 2.00 bits per heavy atom. The van der Waals surface area contributed by atoms with Crippen molar-refractivity contribution < 1.29 is 4.42 Å². The van der Waals surface area contributed by atoms with Gasteiger partial charge in [0.1, 0.15) is 0 Å². The second kappa shape index (κ2) is 6.56. The van der Waals surface area contributed by atoms with Crippen LogP contribution in [0.25, 0.3) is 11.5 Å². The zero-order valence-corrected chi connectivity index (χ0v) is 11.5. The summed E-state index contributed by atoms with van der Waals surface area (Å²) in [5.74, 6) is 1.30. The molecule has 0 fully saturated rings. The lowest BCUT2D eigenvalue weighted by Gasteiger charge is -1.97. The Kier molecular flexibility index (Phi) is 4.78. The van der Waals surface area contributed by atoms with Crippen LogP contribution in [0.3, 0.4) is 0 Å². The van der Waals surface area contributed by atoms with Crippen molar-refractivity contribution in [3.05, 3.63) is 30.2 Å². The van der Waals surface area contributed by atoms with Gasteiger partial charge in [0.05, 0.1) is 0 Å². The fraction of sp³-hybridized carbons (Fsp3) is 0.385. The van der Waals surface area contributed by atoms with Gasteiger partial charge in [-0.25, -0.2) is 0 Å². The molecule has 0 unspecified atom stereocenters. The van der Waals surface area contributed by atoms with E-state index in [0.717, 1.165) is 24.9 Å². The van der Waals surface area contributed by atoms with Gasteiger partial charge in [0.2, 0.25) is 11.8 Å². The summed E-state index contributed by atoms with van der Waals surface area (Å²) in [5.41, 5.74) is 0.972. The normalized spacial score (nSPS) is 10.8. The Bertz CT molecular complexity index is 481. The summed E-state index contributed by atoms with van der Waals surface area (Å²) in [5, 5.41) is 11.2. The molecule has 0 atom stereocenters. The molecule has 1 aromatic carbocycles. The summed E-state index contributed by atoms with van der Waals surface area (Å²) < 4.78 is 5.63. The maximum Gasteiger partial charge on any atom is 0.247 e. The molecule has 96 valence electrons. The minimum atomic E-state index is 0.599. The smallest absolute Gasteiger partial charge is 0.247 e. The second-order valence-electron chi connectivity index (χ2n) is 3.94. The first kappa shape index (κ1) is 13.1. The molecule has 1 N–H and O–H groups in total. The highest BCUT2D eigenvalue weighted by atomic mass is 32.2. The van der Waals surface area contributed by atoms with Crippen LogP contribution in [0.2, 0.25) is 0 Å². The predicted octanol–water partition coefficient (Wildman–Crippen LogP) is 2.61. The van der Waals surface area contributed by atoms with E-state index < -0.39 is 0 Å². The average Bonchev–Trinajstić information content (AvgIpc) is 2.88. The van der Waals surface area contributed by atoms with Crippen LogP contribution in [0.5, 0.6) is 0 Å². The maximum absolute atomic E-state index is 5.63. The van der Waals surface area contributed by atoms with E-state index in [1.807, 2.05) is 19.2 Å². The SMILES string of the molecule is CNCCCc1nnc(-c2ccc(SC)cc2)o1. The van der Waals surface area contributed by atoms with E-state index in [1.165, 1.54) is 4.90 Å². The molecular formula is C13H17N3OS. The Hall–Kier alpha value is -1.33. The fourth-order valence-electron chi connectivity index (χ4n) is 1.62. The highest BCUT2D eigenvalue weighted by Crippen LogP contribution is 2.22. The van der Waals surface area contributed by atoms with E-state index in [4.69, 9.17) is 4.42 Å². The van der Waals surface area contributed by atoms with Gasteiger partial charge in [-0.05, 0) is 50.5 Å². The van der Waals surface area contributed by atoms with Crippen LogP contribution in [0.4, 0.5) is 0 Å². The van der Waals surface area contributed by atoms with Gasteiger partial charge in [0.15, 0.2) is 0 Å². The third kappa shape index (κ3) is 3.34. The number of nitrogens with zero attached hydrogens (tertiary/aromatic N) is 2. The molecule has 0 spiro atoms. The van der Waals surface area contributed by atoms with Crippen molar-refractivity contribution in [1.82, 2.24) is 15.5 Å². The second-order valence-corrected chi connectivity index (χ2v) is 4.82. The van der Waals surface area contributed by atoms with Crippen LogP contribution in [-0.4, -0.2) is 30.0 Å². The van der Waals surface area contributed by atoms with E-state index in [9.17, 15) is 0 Å². The summed E-state index contributed by atoms with van der Waals surface area (Å²) in [6.07, 6.45) is 3.88. The molecule has 18 heavy (non-hydrogen) atoms. The molecule has 0 aliphatic rings. The highest BCUT2D eigenvalue weighted by Gasteiger charge is 2.07. The molecule has 0 amide bonds. The van der Waals surface area contributed by atoms with Crippen molar-refractivity contribution in [3.8, 4) is 11.5 Å². The summed E-state index contributed by atoms with van der Waals surface area (Å²) in [6.45, 7) is 0.958. The zero-order chi connectivity index (χ0) is 12.8. The third-order valence-corrected chi connectivity index (χ3v) is 3.36. The van der Waals surface area contributed by atoms with Gasteiger partial charge in [-0.1, -0.05) is 0 Å². The fourth-order valence-corrected chi connectivity index (χ4v) is 2.03. The van der Waals surface area contributed by atoms with Crippen LogP contribution >= 0.6 is 11.8 Å². The summed E-state index contributed by atoms with van der Waals surface area (Å²) in [7, 11) is 1.94. The number of hydrogen-bond donors (Lipinski definition) is 1. The lowest BCUT2D eigenvalue weighted by molar-refractivity contribution is 0.495. The third-order valence-electron chi connectivity index (χ3n) is 2.62. The van der Waals surface area contributed by atoms with E-state index in [2.05, 4.69) is 33.9 Å². The van der Waals surface area contributed by atoms with E-state index in [-0.39, 0.29) is 0 Å². The quantitative estimate of drug-likeness (QED) is 0.641. The van der Waals surface area contributed by atoms with Gasteiger partial charge in [0.25, 0.3) is 0 Å². The Balaban J connectivity index is 2.04. The minimum Gasteiger partial charge on any atom is -0.421 e. The standard InChI is InChI=1S/C13H17N3OS/c1-14-9-3-4-12-15-16-13(17-12)10-5-7-11(18-2)8-6-10/h5-8,14H,3-4,9H2,1-2H3. The minimum absolute atomic E-state index is 0.599. The Morgan fingerprint density at radius 3 is 2.67 bits per heavy atom. The first-order valence-corrected chi connectivity index (χ1v) is 7.17. The first-order valence-electron chi connectivity index (χ1n) is 5.95. The van der Waals surface area contributed by atoms with Crippen LogP contribution in [0.15, 0.2) is 33.6 Å². The van der Waals surface area contributed by atoms with Crippen molar-refractivity contribution in [2.24, 2.45) is 0 Å². The number of benzene rings is 1. The summed E-state index contributed by atoms with van der Waals surface area (Å²) in [6, 6.07) is 8.14. The van der Waals surface area contributed by atoms with Crippen molar-refractivity contribution in [3.63, 3.8) is 0 Å². The van der Waals surface area contributed by atoms with Crippen LogP contribution in [-0.2, 0) is 6.42 Å². The molecule has 0 saturated heterocycles. The predicted molar refractivity (Wildman–Crippen MR) is 73.8 cm³/mol. The highest BCUT2D eigenvalue weighted by molar-refractivity contribution is 7.98. The topological polar surface area (TPSA) is 51.0 Å². The van der Waals surface area contributed by atoms with Gasteiger partial charge >= 0.3 is 0 Å². The number of aromatic nitrogens is 2. The van der Waals surface area contributed by atoms with Crippen molar-refractivity contribution in [2.45, 2.75) is 17.7 Å². The van der Waals surface area contributed by atoms with Crippen molar-refractivity contribution in [2.75, 3.05) is 19.8 Å². The van der Waals surface area contributed by atoms with Gasteiger partial charge < -0.3 is 9.73 Å². The summed E-state index contributed by atoms with van der Waals surface area (Å²) >= 11 is 1.72. The summed E-state index contributed by atoms with van der Waals surface area (Å²) in [4.78, 5) is 1.23. The number of nitrogens with one attached hydrogen (secondary N) is 1. The van der Waals surface area contributed by atoms with Gasteiger partial charge in [-0.15, -0.1) is 22.0 Å². The van der Waals surface area contributed by atoms with Gasteiger partial charge in [0, 0.05) is 16.9 Å². The van der Waals surface area contributed by atoms with E-state index >= 15 is 0 Å². The molecule has 0 aliphatic heterocycles. The number of rotatable bonds is 6. The van der Waals surface area contributed by atoms with Crippen LogP contribution in [0.1, 0.15) is 12.3 Å². The Labute approximate surface area is 111 Å². The van der Waals surface area contributed by atoms with Crippen molar-refractivity contribution in [1.29, 1.82) is 0 Å². The van der Waals surface area contributed by atoms with E-state index in [0.29, 0.717) is 11.8 Å². The monoisotopic (exact) mass is 263 g/mol. The Morgan fingerprint density at radius 1 is 1.22 bits per heavy atom. The lowest BCUT2D eigenvalue weighted by Crippen LogP contribution is -2.08. The van der Waals surface area contributed by atoms with E-state index in [1.54, 1.807) is 11.8 Å². The van der Waals surface area contributed by atoms with Crippen molar-refractivity contribution >= 4 is 11.8 Å². The van der Waals surface area contributed by atoms with Gasteiger partial charge in [-0.3, -0.25) is 0 Å². The zero-order valence-electron chi connectivity index (χ0n) is 10.6. The molecule has 1 aromatic heterocycles. The largest absolute Gasteiger partial charge is 0.421 e. The molecule has 2 rings (SSSR count). The molecule has 1 heterocycles. The maximum atomic E-state index is 5.63. The lowest BCUT2D eigenvalue weighted by atomic mass is 10.2. The molecule has 0 radical (unpaired) electrons. The molecular weight excluding hydrogens is 246 g/mol. The molecule has 5 heteroatoms. The average molecular weight is 263 g/mol.